The molecule has 0 aliphatic heterocycles. The molecule has 0 saturated heterocycles. The van der Waals surface area contributed by atoms with Crippen LogP contribution in [-0.4, -0.2) is 44.1 Å². The fraction of sp³-hybridized carbons (Fsp3) is 0.333. The fourth-order valence-corrected chi connectivity index (χ4v) is 0.861. The highest BCUT2D eigenvalue weighted by atomic mass is 32.1. The number of rotatable bonds is 3. The molecule has 0 saturated carbocycles. The smallest absolute Gasteiger partial charge is 0.231 e. The van der Waals surface area contributed by atoms with Crippen LogP contribution in [0.4, 0.5) is 0 Å². The number of aromatic amines is 1. The molecule has 1 N–H and O–H groups in total. The zero-order valence-corrected chi connectivity index (χ0v) is 7.51. The van der Waals surface area contributed by atoms with Crippen molar-refractivity contribution in [3.05, 3.63) is 18.5 Å². The third-order valence-corrected chi connectivity index (χ3v) is 1.78. The number of nitrogens with one attached hydrogen (secondary N) is 1. The summed E-state index contributed by atoms with van der Waals surface area (Å²) in [5.74, 6) is 0.439. The van der Waals surface area contributed by atoms with Gasteiger partial charge in [-0.3, -0.25) is 0 Å². The number of hydrogen-bond donors (Lipinski definition) is 1. The predicted octanol–water partition coefficient (Wildman–Crippen LogP) is -0.00700. The Labute approximate surface area is 75.5 Å². The molecule has 1 aromatic rings. The number of thiocarbonyl (C=S) groups is 1. The van der Waals surface area contributed by atoms with E-state index in [-0.39, 0.29) is 0 Å². The van der Waals surface area contributed by atoms with E-state index in [1.807, 2.05) is 11.9 Å². The first-order chi connectivity index (χ1) is 5.75. The lowest BCUT2D eigenvalue weighted by Gasteiger charge is -2.14. The van der Waals surface area contributed by atoms with Crippen LogP contribution in [0.3, 0.4) is 0 Å². The molecule has 12 heavy (non-hydrogen) atoms. The first-order valence-corrected chi connectivity index (χ1v) is 3.76. The normalized spacial score (nSPS) is 9.42. The monoisotopic (exact) mass is 183 g/mol. The highest BCUT2D eigenvalue weighted by molar-refractivity contribution is 7.80. The summed E-state index contributed by atoms with van der Waals surface area (Å²) in [4.78, 5) is 2.37. The van der Waals surface area contributed by atoms with Crippen molar-refractivity contribution < 1.29 is 0 Å². The van der Waals surface area contributed by atoms with E-state index in [1.165, 1.54) is 0 Å². The van der Waals surface area contributed by atoms with Crippen molar-refractivity contribution in [1.29, 1.82) is 0 Å². The minimum Gasteiger partial charge on any atom is -0.359 e. The third kappa shape index (κ3) is 1.85. The molecule has 0 bridgehead atoms. The van der Waals surface area contributed by atoms with E-state index >= 15 is 0 Å². The van der Waals surface area contributed by atoms with E-state index in [4.69, 9.17) is 12.2 Å². The molecule has 0 atom stereocenters. The maximum Gasteiger partial charge on any atom is 0.231 e. The topological polar surface area (TPSA) is 57.7 Å². The molecule has 1 aromatic heterocycles. The summed E-state index contributed by atoms with van der Waals surface area (Å²) in [5.41, 5.74) is 0. The first-order valence-electron chi connectivity index (χ1n) is 3.35. The van der Waals surface area contributed by atoms with Gasteiger partial charge in [0.05, 0.1) is 0 Å². The standard InChI is InChI=1S/C6H9N5S/c1-3-4-11(2)6(12)5-7-9-10-8-5/h3H,1,4H2,2H3,(H,7,8,9,10). The SMILES string of the molecule is C=CCN(C)C(=S)c1nn[nH]n1. The molecule has 5 nitrogen and oxygen atoms in total. The van der Waals surface area contributed by atoms with Crippen molar-refractivity contribution >= 4 is 17.2 Å². The van der Waals surface area contributed by atoms with Gasteiger partial charge in [-0.25, -0.2) is 0 Å². The fourth-order valence-electron chi connectivity index (χ4n) is 0.700. The van der Waals surface area contributed by atoms with Gasteiger partial charge in [-0.2, -0.15) is 5.21 Å². The Balaban J connectivity index is 2.65. The van der Waals surface area contributed by atoms with Gasteiger partial charge in [-0.05, 0) is 5.21 Å². The summed E-state index contributed by atoms with van der Waals surface area (Å²) in [6.45, 7) is 4.27. The van der Waals surface area contributed by atoms with Gasteiger partial charge in [-0.15, -0.1) is 16.8 Å². The molecule has 0 amide bonds. The average Bonchev–Trinajstić information content (AvgIpc) is 2.55. The average molecular weight is 183 g/mol. The van der Waals surface area contributed by atoms with Crippen LogP contribution in [0.25, 0.3) is 0 Å². The Morgan fingerprint density at radius 3 is 3.08 bits per heavy atom. The van der Waals surface area contributed by atoms with E-state index in [1.54, 1.807) is 6.08 Å². The van der Waals surface area contributed by atoms with Crippen LogP contribution in [0.15, 0.2) is 12.7 Å². The number of hydrogen-bond acceptors (Lipinski definition) is 4. The van der Waals surface area contributed by atoms with Crippen molar-refractivity contribution in [3.8, 4) is 0 Å². The molecule has 1 rings (SSSR count). The van der Waals surface area contributed by atoms with Crippen LogP contribution in [0.1, 0.15) is 5.82 Å². The van der Waals surface area contributed by atoms with Crippen molar-refractivity contribution in [2.45, 2.75) is 0 Å². The second-order valence-electron chi connectivity index (χ2n) is 2.21. The maximum atomic E-state index is 5.06. The summed E-state index contributed by atoms with van der Waals surface area (Å²) in [7, 11) is 1.85. The highest BCUT2D eigenvalue weighted by Gasteiger charge is 2.09. The minimum absolute atomic E-state index is 0.439. The van der Waals surface area contributed by atoms with Crippen LogP contribution in [0, 0.1) is 0 Å². The Bertz CT molecular complexity index is 267. The van der Waals surface area contributed by atoms with Crippen LogP contribution in [0.5, 0.6) is 0 Å². The van der Waals surface area contributed by atoms with Gasteiger partial charge in [0.1, 0.15) is 0 Å². The Morgan fingerprint density at radius 1 is 1.83 bits per heavy atom. The van der Waals surface area contributed by atoms with E-state index in [0.29, 0.717) is 17.4 Å². The first kappa shape index (κ1) is 8.79. The summed E-state index contributed by atoms with van der Waals surface area (Å²) >= 11 is 5.06. The van der Waals surface area contributed by atoms with Crippen LogP contribution >= 0.6 is 12.2 Å². The Morgan fingerprint density at radius 2 is 2.58 bits per heavy atom. The van der Waals surface area contributed by atoms with Gasteiger partial charge in [0.15, 0.2) is 4.99 Å². The van der Waals surface area contributed by atoms with E-state index < -0.39 is 0 Å². The van der Waals surface area contributed by atoms with Gasteiger partial charge in [0.2, 0.25) is 5.82 Å². The summed E-state index contributed by atoms with van der Waals surface area (Å²) in [6.07, 6.45) is 1.76. The Kier molecular flexibility index (Phi) is 2.87. The van der Waals surface area contributed by atoms with Crippen molar-refractivity contribution in [2.75, 3.05) is 13.6 Å². The quantitative estimate of drug-likeness (QED) is 0.527. The number of aromatic nitrogens is 4. The van der Waals surface area contributed by atoms with Crippen molar-refractivity contribution in [2.24, 2.45) is 0 Å². The van der Waals surface area contributed by atoms with Gasteiger partial charge < -0.3 is 4.90 Å². The van der Waals surface area contributed by atoms with Crippen LogP contribution in [0.2, 0.25) is 0 Å². The predicted molar refractivity (Wildman–Crippen MR) is 48.7 cm³/mol. The van der Waals surface area contributed by atoms with Gasteiger partial charge in [-0.1, -0.05) is 18.3 Å². The molecule has 0 aliphatic carbocycles. The molecule has 0 fully saturated rings. The lowest BCUT2D eigenvalue weighted by molar-refractivity contribution is 0.572. The second kappa shape index (κ2) is 3.91. The van der Waals surface area contributed by atoms with Crippen molar-refractivity contribution in [1.82, 2.24) is 25.5 Å². The number of nitrogens with zero attached hydrogens (tertiary/aromatic N) is 4. The van der Waals surface area contributed by atoms with Gasteiger partial charge in [0.25, 0.3) is 0 Å². The third-order valence-electron chi connectivity index (χ3n) is 1.29. The minimum atomic E-state index is 0.439. The molecule has 0 aromatic carbocycles. The molecule has 1 heterocycles. The number of H-pyrrole nitrogens is 1. The number of likely N-dealkylation sites (N-methyl/N-ethyl adjacent to an activating group) is 1. The van der Waals surface area contributed by atoms with Gasteiger partial charge in [0, 0.05) is 13.6 Å². The van der Waals surface area contributed by atoms with Crippen LogP contribution < -0.4 is 0 Å². The number of tetrazole rings is 1. The maximum absolute atomic E-state index is 5.06. The Hall–Kier alpha value is -1.30. The molecule has 6 heteroatoms. The lowest BCUT2D eigenvalue weighted by Crippen LogP contribution is -2.26. The molecular weight excluding hydrogens is 174 g/mol. The second-order valence-corrected chi connectivity index (χ2v) is 2.60. The lowest BCUT2D eigenvalue weighted by atomic mass is 10.5. The summed E-state index contributed by atoms with van der Waals surface area (Å²) < 4.78 is 0. The van der Waals surface area contributed by atoms with Crippen LogP contribution in [-0.2, 0) is 0 Å². The van der Waals surface area contributed by atoms with E-state index in [0.717, 1.165) is 0 Å². The van der Waals surface area contributed by atoms with E-state index in [9.17, 15) is 0 Å². The highest BCUT2D eigenvalue weighted by Crippen LogP contribution is 1.95. The largest absolute Gasteiger partial charge is 0.359 e. The molecule has 0 radical (unpaired) electrons. The molecule has 0 unspecified atom stereocenters. The summed E-state index contributed by atoms with van der Waals surface area (Å²) in [6, 6.07) is 0. The zero-order valence-electron chi connectivity index (χ0n) is 6.69. The van der Waals surface area contributed by atoms with Crippen molar-refractivity contribution in [3.63, 3.8) is 0 Å². The zero-order chi connectivity index (χ0) is 8.97. The molecule has 64 valence electrons. The summed E-state index contributed by atoms with van der Waals surface area (Å²) in [5, 5.41) is 13.3. The molecule has 0 aliphatic rings. The van der Waals surface area contributed by atoms with Gasteiger partial charge >= 0.3 is 0 Å². The molecule has 0 spiro atoms. The molecular formula is C6H9N5S. The van der Waals surface area contributed by atoms with E-state index in [2.05, 4.69) is 27.2 Å².